The summed E-state index contributed by atoms with van der Waals surface area (Å²) in [4.78, 5) is 13.5. The molecule has 8 heteroatoms. The van der Waals surface area contributed by atoms with Crippen molar-refractivity contribution in [1.82, 2.24) is 10.2 Å². The van der Waals surface area contributed by atoms with Gasteiger partial charge in [-0.15, -0.1) is 24.8 Å². The summed E-state index contributed by atoms with van der Waals surface area (Å²) in [5.41, 5.74) is 1.28. The Balaban J connectivity index is 0.00000144. The van der Waals surface area contributed by atoms with Crippen LogP contribution in [0.25, 0.3) is 0 Å². The van der Waals surface area contributed by atoms with Gasteiger partial charge in [0.05, 0.1) is 9.40 Å². The molecule has 2 fully saturated rings. The van der Waals surface area contributed by atoms with Gasteiger partial charge in [0.25, 0.3) is 5.69 Å². The van der Waals surface area contributed by atoms with Gasteiger partial charge in [-0.1, -0.05) is 18.9 Å². The molecular weight excluding hydrogens is 417 g/mol. The van der Waals surface area contributed by atoms with E-state index in [0.717, 1.165) is 31.7 Å². The number of piperazine rings is 1. The average molecular weight is 441 g/mol. The zero-order chi connectivity index (χ0) is 15.5. The van der Waals surface area contributed by atoms with Crippen molar-refractivity contribution in [2.24, 2.45) is 5.92 Å². The molecule has 1 aliphatic heterocycles. The zero-order valence-electron chi connectivity index (χ0n) is 13.4. The molecule has 1 aromatic carbocycles. The van der Waals surface area contributed by atoms with Crippen molar-refractivity contribution >= 4 is 46.4 Å². The molecule has 1 atom stereocenters. The molecule has 1 saturated heterocycles. The number of hydrogen-bond acceptors (Lipinski definition) is 4. The topological polar surface area (TPSA) is 58.4 Å². The number of nitrogens with one attached hydrogen (secondary N) is 1. The Morgan fingerprint density at radius 3 is 2.42 bits per heavy atom. The van der Waals surface area contributed by atoms with E-state index in [4.69, 9.17) is 0 Å². The molecule has 0 aromatic heterocycles. The smallest absolute Gasteiger partial charge is 0.283 e. The quantitative estimate of drug-likeness (QED) is 0.558. The van der Waals surface area contributed by atoms with Crippen LogP contribution in [0.15, 0.2) is 22.7 Å². The molecule has 0 amide bonds. The fraction of sp³-hybridized carbons (Fsp3) is 0.625. The van der Waals surface area contributed by atoms with Gasteiger partial charge >= 0.3 is 0 Å². The molecule has 1 aromatic rings. The highest BCUT2D eigenvalue weighted by Gasteiger charge is 2.32. The van der Waals surface area contributed by atoms with E-state index in [9.17, 15) is 10.1 Å². The van der Waals surface area contributed by atoms with E-state index < -0.39 is 0 Å². The first-order chi connectivity index (χ1) is 10.7. The Morgan fingerprint density at radius 2 is 1.83 bits per heavy atom. The number of nitro benzene ring substituents is 1. The number of benzene rings is 1. The Labute approximate surface area is 163 Å². The predicted molar refractivity (Wildman–Crippen MR) is 104 cm³/mol. The third kappa shape index (κ3) is 4.82. The second-order valence-corrected chi connectivity index (χ2v) is 7.10. The highest BCUT2D eigenvalue weighted by Crippen LogP contribution is 2.41. The summed E-state index contributed by atoms with van der Waals surface area (Å²) in [6, 6.07) is 5.98. The Bertz CT molecular complexity index is 550. The van der Waals surface area contributed by atoms with Crippen LogP contribution in [-0.4, -0.2) is 36.0 Å². The maximum Gasteiger partial charge on any atom is 0.283 e. The Kier molecular flexibility index (Phi) is 8.95. The minimum Gasteiger partial charge on any atom is -0.314 e. The molecule has 24 heavy (non-hydrogen) atoms. The summed E-state index contributed by atoms with van der Waals surface area (Å²) >= 11 is 3.29. The van der Waals surface area contributed by atoms with Crippen molar-refractivity contribution in [3.8, 4) is 0 Å². The van der Waals surface area contributed by atoms with Crippen LogP contribution in [-0.2, 0) is 0 Å². The van der Waals surface area contributed by atoms with E-state index >= 15 is 0 Å². The van der Waals surface area contributed by atoms with Crippen molar-refractivity contribution in [3.63, 3.8) is 0 Å². The minimum atomic E-state index is -0.295. The van der Waals surface area contributed by atoms with Crippen LogP contribution in [0.4, 0.5) is 5.69 Å². The third-order valence-corrected chi connectivity index (χ3v) is 5.57. The van der Waals surface area contributed by atoms with Crippen LogP contribution in [0.1, 0.15) is 37.3 Å². The minimum absolute atomic E-state index is 0. The Hall–Kier alpha value is -0.400. The van der Waals surface area contributed by atoms with Crippen molar-refractivity contribution in [2.45, 2.75) is 31.7 Å². The summed E-state index contributed by atoms with van der Waals surface area (Å²) in [6.07, 6.45) is 5.04. The monoisotopic (exact) mass is 439 g/mol. The molecular formula is C16H24BrCl2N3O2. The second-order valence-electron chi connectivity index (χ2n) is 6.24. The lowest BCUT2D eigenvalue weighted by molar-refractivity contribution is -0.385. The predicted octanol–water partition coefficient (Wildman–Crippen LogP) is 4.34. The summed E-state index contributed by atoms with van der Waals surface area (Å²) in [7, 11) is 0. The van der Waals surface area contributed by atoms with Gasteiger partial charge in [0.15, 0.2) is 0 Å². The Morgan fingerprint density at radius 1 is 1.21 bits per heavy atom. The lowest BCUT2D eigenvalue weighted by Gasteiger charge is -2.38. The molecule has 0 radical (unpaired) electrons. The van der Waals surface area contributed by atoms with Gasteiger partial charge in [-0.05, 0) is 46.3 Å². The number of halogens is 3. The molecule has 0 bridgehead atoms. The highest BCUT2D eigenvalue weighted by molar-refractivity contribution is 9.10. The molecule has 1 saturated carbocycles. The highest BCUT2D eigenvalue weighted by atomic mass is 79.9. The summed E-state index contributed by atoms with van der Waals surface area (Å²) in [5, 5.41) is 14.6. The molecule has 136 valence electrons. The SMILES string of the molecule is Cl.Cl.O=[N+]([O-])c1cc([C@H](C2CCCC2)N2CCNCC2)ccc1Br. The van der Waals surface area contributed by atoms with Gasteiger partial charge < -0.3 is 5.32 Å². The van der Waals surface area contributed by atoms with Crippen molar-refractivity contribution in [3.05, 3.63) is 38.3 Å². The first-order valence-corrected chi connectivity index (χ1v) is 8.85. The normalized spacial score (nSPS) is 20.0. The first-order valence-electron chi connectivity index (χ1n) is 8.05. The number of nitrogens with zero attached hydrogens (tertiary/aromatic N) is 2. The van der Waals surface area contributed by atoms with E-state index in [1.807, 2.05) is 6.07 Å². The fourth-order valence-electron chi connectivity index (χ4n) is 3.87. The van der Waals surface area contributed by atoms with Crippen molar-refractivity contribution in [1.29, 1.82) is 0 Å². The number of rotatable bonds is 4. The average Bonchev–Trinajstić information content (AvgIpc) is 3.04. The molecule has 2 aliphatic rings. The zero-order valence-corrected chi connectivity index (χ0v) is 16.7. The van der Waals surface area contributed by atoms with E-state index in [-0.39, 0.29) is 35.4 Å². The number of nitro groups is 1. The third-order valence-electron chi connectivity index (χ3n) is 4.90. The maximum atomic E-state index is 11.2. The van der Waals surface area contributed by atoms with Gasteiger partial charge in [0.2, 0.25) is 0 Å². The van der Waals surface area contributed by atoms with E-state index in [2.05, 4.69) is 32.2 Å². The fourth-order valence-corrected chi connectivity index (χ4v) is 4.26. The summed E-state index contributed by atoms with van der Waals surface area (Å²) in [6.45, 7) is 4.04. The van der Waals surface area contributed by atoms with Crippen LogP contribution in [0, 0.1) is 16.0 Å². The van der Waals surface area contributed by atoms with Gasteiger partial charge in [0.1, 0.15) is 0 Å². The van der Waals surface area contributed by atoms with E-state index in [0.29, 0.717) is 16.4 Å². The van der Waals surface area contributed by atoms with Gasteiger partial charge in [-0.3, -0.25) is 15.0 Å². The van der Waals surface area contributed by atoms with Crippen molar-refractivity contribution < 1.29 is 4.92 Å². The first kappa shape index (κ1) is 21.6. The lowest BCUT2D eigenvalue weighted by Crippen LogP contribution is -2.46. The summed E-state index contributed by atoms with van der Waals surface area (Å²) in [5.74, 6) is 0.624. The maximum absolute atomic E-state index is 11.2. The molecule has 0 spiro atoms. The molecule has 1 aliphatic carbocycles. The van der Waals surface area contributed by atoms with Crippen LogP contribution in [0.3, 0.4) is 0 Å². The van der Waals surface area contributed by atoms with Crippen LogP contribution in [0.5, 0.6) is 0 Å². The molecule has 3 rings (SSSR count). The molecule has 1 N–H and O–H groups in total. The van der Waals surface area contributed by atoms with Gasteiger partial charge in [-0.25, -0.2) is 0 Å². The van der Waals surface area contributed by atoms with E-state index in [1.54, 1.807) is 6.07 Å². The van der Waals surface area contributed by atoms with E-state index in [1.165, 1.54) is 25.7 Å². The number of hydrogen-bond donors (Lipinski definition) is 1. The molecule has 1 heterocycles. The van der Waals surface area contributed by atoms with Crippen LogP contribution in [0.2, 0.25) is 0 Å². The van der Waals surface area contributed by atoms with Gasteiger partial charge in [-0.2, -0.15) is 0 Å². The molecule has 5 nitrogen and oxygen atoms in total. The summed E-state index contributed by atoms with van der Waals surface area (Å²) < 4.78 is 0.562. The largest absolute Gasteiger partial charge is 0.314 e. The van der Waals surface area contributed by atoms with Crippen LogP contribution >= 0.6 is 40.7 Å². The van der Waals surface area contributed by atoms with Crippen molar-refractivity contribution in [2.75, 3.05) is 26.2 Å². The molecule has 0 unspecified atom stereocenters. The standard InChI is InChI=1S/C16H22BrN3O2.2ClH/c17-14-6-5-13(11-15(14)20(21)22)16(12-3-1-2-4-12)19-9-7-18-8-10-19;;/h5-6,11-12,16,18H,1-4,7-10H2;2*1H/t16-;;/m0../s1. The second kappa shape index (κ2) is 9.92. The van der Waals surface area contributed by atoms with Crippen LogP contribution < -0.4 is 5.32 Å². The van der Waals surface area contributed by atoms with Gasteiger partial charge in [0, 0.05) is 38.3 Å². The lowest BCUT2D eigenvalue weighted by atomic mass is 9.89.